The van der Waals surface area contributed by atoms with Gasteiger partial charge in [-0.15, -0.1) is 0 Å². The first-order chi connectivity index (χ1) is 5.59. The topological polar surface area (TPSA) is 40.1 Å². The molecule has 66 valence electrons. The first kappa shape index (κ1) is 9.28. The zero-order valence-corrected chi connectivity index (χ0v) is 6.74. The van der Waals surface area contributed by atoms with Gasteiger partial charge in [0, 0.05) is 11.3 Å². The maximum absolute atomic E-state index is 12.7. The summed E-state index contributed by atoms with van der Waals surface area (Å²) in [4.78, 5) is 0. The fourth-order valence-electron chi connectivity index (χ4n) is 0.781. The second-order valence-electron chi connectivity index (χ2n) is 2.18. The fraction of sp³-hybridized carbons (Fsp3) is 0.143. The van der Waals surface area contributed by atoms with E-state index in [2.05, 4.69) is 0 Å². The van der Waals surface area contributed by atoms with Crippen molar-refractivity contribution in [1.82, 2.24) is 0 Å². The summed E-state index contributed by atoms with van der Waals surface area (Å²) in [6, 6.07) is 2.70. The molecule has 5 heteroatoms. The van der Waals surface area contributed by atoms with Gasteiger partial charge in [-0.1, -0.05) is 11.1 Å². The Balaban J connectivity index is 2.97. The highest BCUT2D eigenvalue weighted by Crippen LogP contribution is 2.10. The molecule has 0 bridgehead atoms. The summed E-state index contributed by atoms with van der Waals surface area (Å²) in [5.74, 6) is -1.85. The van der Waals surface area contributed by atoms with E-state index in [1.807, 2.05) is 0 Å². The minimum absolute atomic E-state index is 0.150. The van der Waals surface area contributed by atoms with Crippen molar-refractivity contribution in [1.29, 1.82) is 0 Å². The summed E-state index contributed by atoms with van der Waals surface area (Å²) < 4.78 is 45.4. The SMILES string of the molecule is O=S([O-])Cc1cc(F)ccc1F. The molecule has 1 unspecified atom stereocenters. The number of halogens is 2. The van der Waals surface area contributed by atoms with E-state index in [1.165, 1.54) is 0 Å². The zero-order chi connectivity index (χ0) is 9.14. The van der Waals surface area contributed by atoms with Gasteiger partial charge in [0.15, 0.2) is 0 Å². The van der Waals surface area contributed by atoms with Gasteiger partial charge in [0.25, 0.3) is 0 Å². The summed E-state index contributed by atoms with van der Waals surface area (Å²) in [6.45, 7) is 0. The molecule has 0 saturated carbocycles. The van der Waals surface area contributed by atoms with Crippen LogP contribution in [0, 0.1) is 11.6 Å². The van der Waals surface area contributed by atoms with Crippen LogP contribution in [0.25, 0.3) is 0 Å². The van der Waals surface area contributed by atoms with Crippen LogP contribution in [-0.4, -0.2) is 8.76 Å². The Kier molecular flexibility index (Phi) is 2.88. The molecule has 0 aliphatic carbocycles. The van der Waals surface area contributed by atoms with Gasteiger partial charge in [-0.25, -0.2) is 8.78 Å². The van der Waals surface area contributed by atoms with E-state index < -0.39 is 28.5 Å². The van der Waals surface area contributed by atoms with Crippen LogP contribution in [0.1, 0.15) is 5.56 Å². The van der Waals surface area contributed by atoms with E-state index in [9.17, 15) is 17.5 Å². The van der Waals surface area contributed by atoms with Crippen molar-refractivity contribution in [2.75, 3.05) is 0 Å². The third-order valence-electron chi connectivity index (χ3n) is 1.28. The minimum Gasteiger partial charge on any atom is -0.772 e. The van der Waals surface area contributed by atoms with Gasteiger partial charge in [-0.3, -0.25) is 4.21 Å². The maximum Gasteiger partial charge on any atom is 0.127 e. The Hall–Kier alpha value is -0.810. The highest BCUT2D eigenvalue weighted by atomic mass is 32.2. The van der Waals surface area contributed by atoms with Gasteiger partial charge in [0.05, 0.1) is 0 Å². The van der Waals surface area contributed by atoms with Crippen LogP contribution >= 0.6 is 0 Å². The third-order valence-corrected chi connectivity index (χ3v) is 1.83. The molecule has 0 radical (unpaired) electrons. The lowest BCUT2D eigenvalue weighted by Crippen LogP contribution is -1.97. The largest absolute Gasteiger partial charge is 0.772 e. The number of benzene rings is 1. The smallest absolute Gasteiger partial charge is 0.127 e. The highest BCUT2D eigenvalue weighted by molar-refractivity contribution is 7.78. The molecule has 12 heavy (non-hydrogen) atoms. The van der Waals surface area contributed by atoms with Crippen molar-refractivity contribution in [2.45, 2.75) is 5.75 Å². The Morgan fingerprint density at radius 1 is 1.42 bits per heavy atom. The fourth-order valence-corrected chi connectivity index (χ4v) is 1.26. The molecule has 0 amide bonds. The van der Waals surface area contributed by atoms with Crippen LogP contribution < -0.4 is 0 Å². The molecule has 0 aliphatic rings. The lowest BCUT2D eigenvalue weighted by Gasteiger charge is -2.05. The van der Waals surface area contributed by atoms with E-state index in [1.54, 1.807) is 0 Å². The zero-order valence-electron chi connectivity index (χ0n) is 5.92. The van der Waals surface area contributed by atoms with E-state index in [0.717, 1.165) is 18.2 Å². The van der Waals surface area contributed by atoms with E-state index in [4.69, 9.17) is 0 Å². The quantitative estimate of drug-likeness (QED) is 0.662. The normalized spacial score (nSPS) is 12.9. The minimum atomic E-state index is -2.39. The second-order valence-corrected chi connectivity index (χ2v) is 3.08. The summed E-state index contributed by atoms with van der Waals surface area (Å²) in [7, 11) is 0. The molecule has 0 saturated heterocycles. The second kappa shape index (κ2) is 3.73. The molecule has 0 aromatic heterocycles. The molecule has 0 spiro atoms. The summed E-state index contributed by atoms with van der Waals surface area (Å²) >= 11 is -2.39. The predicted molar refractivity (Wildman–Crippen MR) is 39.0 cm³/mol. The summed E-state index contributed by atoms with van der Waals surface area (Å²) in [6.07, 6.45) is 0. The number of hydrogen-bond acceptors (Lipinski definition) is 2. The van der Waals surface area contributed by atoms with Crippen molar-refractivity contribution in [2.24, 2.45) is 0 Å². The van der Waals surface area contributed by atoms with Crippen molar-refractivity contribution < 1.29 is 17.5 Å². The lowest BCUT2D eigenvalue weighted by molar-refractivity contribution is 0.532. The van der Waals surface area contributed by atoms with Gasteiger partial charge in [-0.05, 0) is 18.2 Å². The first-order valence-electron chi connectivity index (χ1n) is 3.09. The third kappa shape index (κ3) is 2.35. The molecule has 2 nitrogen and oxygen atoms in total. The van der Waals surface area contributed by atoms with Gasteiger partial charge >= 0.3 is 0 Å². The van der Waals surface area contributed by atoms with E-state index in [0.29, 0.717) is 0 Å². The van der Waals surface area contributed by atoms with Crippen LogP contribution in [0.2, 0.25) is 0 Å². The molecule has 0 heterocycles. The van der Waals surface area contributed by atoms with E-state index >= 15 is 0 Å². The lowest BCUT2D eigenvalue weighted by atomic mass is 10.2. The Labute approximate surface area is 70.5 Å². The van der Waals surface area contributed by atoms with Gasteiger partial charge in [-0.2, -0.15) is 0 Å². The predicted octanol–water partition coefficient (Wildman–Crippen LogP) is 1.34. The van der Waals surface area contributed by atoms with Gasteiger partial charge in [0.1, 0.15) is 11.6 Å². The molecule has 0 N–H and O–H groups in total. The Morgan fingerprint density at radius 2 is 2.08 bits per heavy atom. The van der Waals surface area contributed by atoms with Gasteiger partial charge < -0.3 is 4.55 Å². The van der Waals surface area contributed by atoms with Crippen LogP contribution in [-0.2, 0) is 16.8 Å². The van der Waals surface area contributed by atoms with Crippen molar-refractivity contribution >= 4 is 11.1 Å². The molecule has 1 aromatic carbocycles. The van der Waals surface area contributed by atoms with E-state index in [-0.39, 0.29) is 5.56 Å². The average Bonchev–Trinajstić information content (AvgIpc) is 1.96. The Morgan fingerprint density at radius 3 is 2.67 bits per heavy atom. The summed E-state index contributed by atoms with van der Waals surface area (Å²) in [5.41, 5.74) is -0.150. The molecule has 0 fully saturated rings. The number of rotatable bonds is 2. The number of hydrogen-bond donors (Lipinski definition) is 0. The molecule has 1 aromatic rings. The Bertz CT molecular complexity index is 314. The maximum atomic E-state index is 12.7. The molecular weight excluding hydrogens is 186 g/mol. The van der Waals surface area contributed by atoms with Crippen molar-refractivity contribution in [3.05, 3.63) is 35.4 Å². The van der Waals surface area contributed by atoms with Crippen LogP contribution in [0.15, 0.2) is 18.2 Å². The molecule has 1 rings (SSSR count). The highest BCUT2D eigenvalue weighted by Gasteiger charge is 2.02. The average molecular weight is 191 g/mol. The van der Waals surface area contributed by atoms with Crippen LogP contribution in [0.4, 0.5) is 8.78 Å². The van der Waals surface area contributed by atoms with Crippen LogP contribution in [0.3, 0.4) is 0 Å². The van der Waals surface area contributed by atoms with Gasteiger partial charge in [0.2, 0.25) is 0 Å². The van der Waals surface area contributed by atoms with Crippen LogP contribution in [0.5, 0.6) is 0 Å². The standard InChI is InChI=1S/C7H6F2O2S/c8-6-1-2-7(9)5(3-6)4-12(10)11/h1-3H,4H2,(H,10,11)/p-1. The summed E-state index contributed by atoms with van der Waals surface area (Å²) in [5, 5.41) is 0. The molecule has 0 aliphatic heterocycles. The molecular formula is C7H5F2O2S-. The molecule has 1 atom stereocenters. The monoisotopic (exact) mass is 191 g/mol. The van der Waals surface area contributed by atoms with Crippen molar-refractivity contribution in [3.8, 4) is 0 Å². The first-order valence-corrected chi connectivity index (χ1v) is 4.34. The van der Waals surface area contributed by atoms with Crippen molar-refractivity contribution in [3.63, 3.8) is 0 Å².